The van der Waals surface area contributed by atoms with E-state index < -0.39 is 0 Å². The van der Waals surface area contributed by atoms with Crippen LogP contribution in [0.5, 0.6) is 0 Å². The molecule has 2 heterocycles. The van der Waals surface area contributed by atoms with Gasteiger partial charge < -0.3 is 4.42 Å². The Morgan fingerprint density at radius 1 is 1.67 bits per heavy atom. The van der Waals surface area contributed by atoms with Crippen LogP contribution in [-0.4, -0.2) is 9.78 Å². The van der Waals surface area contributed by atoms with Crippen molar-refractivity contribution in [2.45, 2.75) is 6.04 Å². The molecule has 0 aromatic carbocycles. The molecule has 2 aromatic heterocycles. The van der Waals surface area contributed by atoms with Gasteiger partial charge in [-0.1, -0.05) is 0 Å². The summed E-state index contributed by atoms with van der Waals surface area (Å²) in [5.74, 6) is 5.54. The molecule has 0 aliphatic carbocycles. The lowest BCUT2D eigenvalue weighted by atomic mass is 10.1. The average molecular weight is 271 g/mol. The van der Waals surface area contributed by atoms with Crippen molar-refractivity contribution in [3.05, 3.63) is 40.5 Å². The minimum atomic E-state index is -0.134. The van der Waals surface area contributed by atoms with Crippen molar-refractivity contribution in [1.82, 2.24) is 15.2 Å². The fourth-order valence-electron chi connectivity index (χ4n) is 1.52. The van der Waals surface area contributed by atoms with E-state index in [9.17, 15) is 0 Å². The molecule has 0 bridgehead atoms. The Balaban J connectivity index is 2.44. The SMILES string of the molecule is Cn1ncc(Br)c1C(NN)c1ccoc1. The zero-order valence-corrected chi connectivity index (χ0v) is 9.73. The Morgan fingerprint density at radius 3 is 2.93 bits per heavy atom. The number of aromatic nitrogens is 2. The molecule has 3 N–H and O–H groups in total. The lowest BCUT2D eigenvalue weighted by Gasteiger charge is -2.15. The highest BCUT2D eigenvalue weighted by molar-refractivity contribution is 9.10. The van der Waals surface area contributed by atoms with E-state index in [0.29, 0.717) is 0 Å². The summed E-state index contributed by atoms with van der Waals surface area (Å²) in [6.07, 6.45) is 5.01. The number of aryl methyl sites for hydroxylation is 1. The first-order valence-electron chi connectivity index (χ1n) is 4.39. The summed E-state index contributed by atoms with van der Waals surface area (Å²) >= 11 is 3.43. The highest BCUT2D eigenvalue weighted by atomic mass is 79.9. The van der Waals surface area contributed by atoms with Crippen molar-refractivity contribution in [3.63, 3.8) is 0 Å². The number of rotatable bonds is 3. The van der Waals surface area contributed by atoms with Crippen LogP contribution in [-0.2, 0) is 7.05 Å². The third kappa shape index (κ3) is 1.83. The zero-order valence-electron chi connectivity index (χ0n) is 8.14. The van der Waals surface area contributed by atoms with Crippen LogP contribution in [0.2, 0.25) is 0 Å². The van der Waals surface area contributed by atoms with Crippen molar-refractivity contribution < 1.29 is 4.42 Å². The molecule has 6 heteroatoms. The second kappa shape index (κ2) is 4.18. The number of hydrogen-bond acceptors (Lipinski definition) is 4. The quantitative estimate of drug-likeness (QED) is 0.652. The van der Waals surface area contributed by atoms with Gasteiger partial charge in [0.1, 0.15) is 0 Å². The van der Waals surface area contributed by atoms with E-state index in [2.05, 4.69) is 26.5 Å². The number of hydrogen-bond donors (Lipinski definition) is 2. The normalized spacial score (nSPS) is 13.0. The third-order valence-electron chi connectivity index (χ3n) is 2.25. The van der Waals surface area contributed by atoms with Gasteiger partial charge in [0.25, 0.3) is 0 Å². The predicted molar refractivity (Wildman–Crippen MR) is 58.8 cm³/mol. The minimum absolute atomic E-state index is 0.134. The van der Waals surface area contributed by atoms with E-state index in [1.807, 2.05) is 13.1 Å². The molecule has 15 heavy (non-hydrogen) atoms. The van der Waals surface area contributed by atoms with Crippen LogP contribution in [0.3, 0.4) is 0 Å². The molecule has 0 saturated heterocycles. The van der Waals surface area contributed by atoms with Crippen molar-refractivity contribution in [3.8, 4) is 0 Å². The Kier molecular flexibility index (Phi) is 2.90. The number of nitrogens with zero attached hydrogens (tertiary/aromatic N) is 2. The number of halogens is 1. The number of nitrogens with two attached hydrogens (primary N) is 1. The topological polar surface area (TPSA) is 69.0 Å². The van der Waals surface area contributed by atoms with E-state index in [0.717, 1.165) is 15.7 Å². The van der Waals surface area contributed by atoms with Gasteiger partial charge in [0, 0.05) is 12.6 Å². The van der Waals surface area contributed by atoms with Gasteiger partial charge >= 0.3 is 0 Å². The summed E-state index contributed by atoms with van der Waals surface area (Å²) in [6, 6.07) is 1.73. The molecule has 0 spiro atoms. The average Bonchev–Trinajstić information content (AvgIpc) is 2.83. The van der Waals surface area contributed by atoms with Crippen LogP contribution < -0.4 is 11.3 Å². The fourth-order valence-corrected chi connectivity index (χ4v) is 2.09. The fraction of sp³-hybridized carbons (Fsp3) is 0.222. The summed E-state index contributed by atoms with van der Waals surface area (Å²) in [4.78, 5) is 0. The van der Waals surface area contributed by atoms with Gasteiger partial charge in [-0.15, -0.1) is 0 Å². The molecular weight excluding hydrogens is 260 g/mol. The second-order valence-corrected chi connectivity index (χ2v) is 4.01. The maximum Gasteiger partial charge on any atom is 0.0954 e. The third-order valence-corrected chi connectivity index (χ3v) is 2.87. The lowest BCUT2D eigenvalue weighted by molar-refractivity contribution is 0.540. The highest BCUT2D eigenvalue weighted by Crippen LogP contribution is 2.27. The smallest absolute Gasteiger partial charge is 0.0954 e. The molecule has 5 nitrogen and oxygen atoms in total. The number of hydrazine groups is 1. The van der Waals surface area contributed by atoms with Crippen LogP contribution in [0.25, 0.3) is 0 Å². The maximum absolute atomic E-state index is 5.54. The van der Waals surface area contributed by atoms with Crippen LogP contribution >= 0.6 is 15.9 Å². The Hall–Kier alpha value is -1.11. The molecule has 0 radical (unpaired) electrons. The molecule has 2 rings (SSSR count). The molecule has 0 aliphatic heterocycles. The van der Waals surface area contributed by atoms with Crippen molar-refractivity contribution >= 4 is 15.9 Å². The van der Waals surface area contributed by atoms with E-state index in [1.165, 1.54) is 0 Å². The summed E-state index contributed by atoms with van der Waals surface area (Å²) in [6.45, 7) is 0. The molecule has 1 unspecified atom stereocenters. The second-order valence-electron chi connectivity index (χ2n) is 3.16. The summed E-state index contributed by atoms with van der Waals surface area (Å²) < 4.78 is 7.71. The Labute approximate surface area is 95.3 Å². The molecule has 0 aliphatic rings. The monoisotopic (exact) mass is 270 g/mol. The van der Waals surface area contributed by atoms with Crippen LogP contribution in [0.1, 0.15) is 17.3 Å². The minimum Gasteiger partial charge on any atom is -0.472 e. The zero-order chi connectivity index (χ0) is 10.8. The van der Waals surface area contributed by atoms with E-state index in [-0.39, 0.29) is 6.04 Å². The molecular formula is C9H11BrN4O. The van der Waals surface area contributed by atoms with Crippen LogP contribution in [0.15, 0.2) is 33.7 Å². The lowest BCUT2D eigenvalue weighted by Crippen LogP contribution is -2.30. The molecule has 0 amide bonds. The molecule has 0 saturated carbocycles. The largest absolute Gasteiger partial charge is 0.472 e. The molecule has 2 aromatic rings. The van der Waals surface area contributed by atoms with Gasteiger partial charge in [0.05, 0.1) is 34.9 Å². The summed E-state index contributed by atoms with van der Waals surface area (Å²) in [5.41, 5.74) is 4.66. The number of nitrogens with one attached hydrogen (secondary N) is 1. The summed E-state index contributed by atoms with van der Waals surface area (Å²) in [5, 5.41) is 4.14. The van der Waals surface area contributed by atoms with Crippen molar-refractivity contribution in [2.24, 2.45) is 12.9 Å². The highest BCUT2D eigenvalue weighted by Gasteiger charge is 2.20. The van der Waals surface area contributed by atoms with Gasteiger partial charge in [-0.05, 0) is 22.0 Å². The maximum atomic E-state index is 5.54. The first-order chi connectivity index (χ1) is 7.24. The Bertz CT molecular complexity index is 417. The number of furan rings is 1. The standard InChI is InChI=1S/C9H11BrN4O/c1-14-9(7(10)4-12-14)8(13-11)6-2-3-15-5-6/h2-5,8,13H,11H2,1H3. The molecule has 1 atom stereocenters. The van der Waals surface area contributed by atoms with Crippen LogP contribution in [0, 0.1) is 0 Å². The van der Waals surface area contributed by atoms with Crippen molar-refractivity contribution in [1.29, 1.82) is 0 Å². The van der Waals surface area contributed by atoms with Gasteiger partial charge in [-0.2, -0.15) is 5.10 Å². The first kappa shape index (κ1) is 10.4. The first-order valence-corrected chi connectivity index (χ1v) is 5.19. The predicted octanol–water partition coefficient (Wildman–Crippen LogP) is 1.33. The van der Waals surface area contributed by atoms with Crippen LogP contribution in [0.4, 0.5) is 0 Å². The molecule has 80 valence electrons. The van der Waals surface area contributed by atoms with Gasteiger partial charge in [0.2, 0.25) is 0 Å². The van der Waals surface area contributed by atoms with E-state index in [4.69, 9.17) is 10.3 Å². The van der Waals surface area contributed by atoms with Crippen molar-refractivity contribution in [2.75, 3.05) is 0 Å². The van der Waals surface area contributed by atoms with Gasteiger partial charge in [-0.25, -0.2) is 5.43 Å². The van der Waals surface area contributed by atoms with E-state index in [1.54, 1.807) is 23.4 Å². The Morgan fingerprint density at radius 2 is 2.47 bits per heavy atom. The molecule has 0 fully saturated rings. The summed E-state index contributed by atoms with van der Waals surface area (Å²) in [7, 11) is 1.87. The van der Waals surface area contributed by atoms with Gasteiger partial charge in [0.15, 0.2) is 0 Å². The van der Waals surface area contributed by atoms with Gasteiger partial charge in [-0.3, -0.25) is 10.5 Å². The van der Waals surface area contributed by atoms with E-state index >= 15 is 0 Å².